The van der Waals surface area contributed by atoms with E-state index in [-0.39, 0.29) is 0 Å². The molecule has 9 nitrogen and oxygen atoms in total. The summed E-state index contributed by atoms with van der Waals surface area (Å²) in [5, 5.41) is 6.63. The summed E-state index contributed by atoms with van der Waals surface area (Å²) >= 11 is 0. The molecule has 9 heteroatoms. The number of hydrogen-bond donors (Lipinski definition) is 3. The van der Waals surface area contributed by atoms with Crippen LogP contribution in [0.25, 0.3) is 0 Å². The Bertz CT molecular complexity index is 561. The lowest BCUT2D eigenvalue weighted by atomic mass is 9.95. The molecular weight excluding hydrogens is 336 g/mol. The molecule has 1 heterocycles. The maximum atomic E-state index is 5.48. The van der Waals surface area contributed by atoms with Crippen LogP contribution >= 0.6 is 0 Å². The van der Waals surface area contributed by atoms with Gasteiger partial charge in [0.15, 0.2) is 0 Å². The van der Waals surface area contributed by atoms with E-state index < -0.39 is 0 Å². The van der Waals surface area contributed by atoms with Gasteiger partial charge in [-0.3, -0.25) is 0 Å². The molecular formula is C17H30N6O3. The Labute approximate surface area is 154 Å². The van der Waals surface area contributed by atoms with Crippen LogP contribution in [-0.2, 0) is 9.47 Å². The van der Waals surface area contributed by atoms with Crippen molar-refractivity contribution in [3.8, 4) is 6.01 Å². The van der Waals surface area contributed by atoms with E-state index >= 15 is 0 Å². The molecule has 26 heavy (non-hydrogen) atoms. The van der Waals surface area contributed by atoms with Crippen molar-refractivity contribution in [3.05, 3.63) is 0 Å². The number of rotatable bonds is 12. The largest absolute Gasteiger partial charge is 0.467 e. The van der Waals surface area contributed by atoms with Gasteiger partial charge >= 0.3 is 6.01 Å². The number of fused-ring (bicyclic) bond motifs is 2. The van der Waals surface area contributed by atoms with Gasteiger partial charge in [-0.15, -0.1) is 0 Å². The standard InChI is InChI=1S/C17H30N6O3/c1-24-17-22-15(19-5-7-26-9-8-25-6-4-18)21-16(23-17)20-14-11-12-2-3-13(14)10-12/h12-14H,2-11,18H2,1H3,(H2,19,20,21,22,23). The van der Waals surface area contributed by atoms with Gasteiger partial charge in [-0.2, -0.15) is 15.0 Å². The zero-order valence-electron chi connectivity index (χ0n) is 15.4. The van der Waals surface area contributed by atoms with Crippen LogP contribution in [0.15, 0.2) is 0 Å². The van der Waals surface area contributed by atoms with Gasteiger partial charge in [0.2, 0.25) is 11.9 Å². The molecule has 2 saturated carbocycles. The van der Waals surface area contributed by atoms with Gasteiger partial charge in [-0.25, -0.2) is 0 Å². The van der Waals surface area contributed by atoms with Gasteiger partial charge in [0, 0.05) is 19.1 Å². The van der Waals surface area contributed by atoms with Crippen molar-refractivity contribution in [3.63, 3.8) is 0 Å². The molecule has 2 aliphatic carbocycles. The first-order chi connectivity index (χ1) is 12.8. The molecule has 1 aromatic rings. The number of aromatic nitrogens is 3. The highest BCUT2D eigenvalue weighted by atomic mass is 16.5. The molecule has 0 radical (unpaired) electrons. The van der Waals surface area contributed by atoms with Crippen LogP contribution in [0.3, 0.4) is 0 Å². The normalized spacial score (nSPS) is 24.0. The van der Waals surface area contributed by atoms with Crippen molar-refractivity contribution in [2.45, 2.75) is 31.7 Å². The number of ether oxygens (including phenoxy) is 3. The third-order valence-electron chi connectivity index (χ3n) is 5.01. The van der Waals surface area contributed by atoms with Crippen molar-refractivity contribution in [1.82, 2.24) is 15.0 Å². The summed E-state index contributed by atoms with van der Waals surface area (Å²) in [7, 11) is 1.56. The smallest absolute Gasteiger partial charge is 0.322 e. The van der Waals surface area contributed by atoms with Crippen molar-refractivity contribution in [1.29, 1.82) is 0 Å². The zero-order chi connectivity index (χ0) is 18.2. The molecule has 3 unspecified atom stereocenters. The van der Waals surface area contributed by atoms with Gasteiger partial charge < -0.3 is 30.6 Å². The van der Waals surface area contributed by atoms with E-state index in [9.17, 15) is 0 Å². The highest BCUT2D eigenvalue weighted by Gasteiger charge is 2.39. The van der Waals surface area contributed by atoms with Crippen LogP contribution in [0.4, 0.5) is 11.9 Å². The topological polar surface area (TPSA) is 116 Å². The SMILES string of the molecule is COc1nc(NCCOCCOCCN)nc(NC2CC3CCC2C3)n1. The van der Waals surface area contributed by atoms with Gasteiger partial charge in [0.1, 0.15) is 0 Å². The summed E-state index contributed by atoms with van der Waals surface area (Å²) in [5.41, 5.74) is 5.35. The highest BCUT2D eigenvalue weighted by Crippen LogP contribution is 2.45. The monoisotopic (exact) mass is 366 g/mol. The molecule has 0 amide bonds. The quantitative estimate of drug-likeness (QED) is 0.464. The second kappa shape index (κ2) is 9.84. The maximum absolute atomic E-state index is 5.48. The first kappa shape index (κ1) is 19.1. The first-order valence-corrected chi connectivity index (χ1v) is 9.44. The van der Waals surface area contributed by atoms with Crippen molar-refractivity contribution < 1.29 is 14.2 Å². The molecule has 146 valence electrons. The van der Waals surface area contributed by atoms with Crippen molar-refractivity contribution >= 4 is 11.9 Å². The van der Waals surface area contributed by atoms with Gasteiger partial charge in [0.05, 0.1) is 33.5 Å². The van der Waals surface area contributed by atoms with Crippen LogP contribution in [0.2, 0.25) is 0 Å². The molecule has 2 bridgehead atoms. The molecule has 2 aliphatic rings. The summed E-state index contributed by atoms with van der Waals surface area (Å²) in [4.78, 5) is 13.0. The van der Waals surface area contributed by atoms with Crippen LogP contribution < -0.4 is 21.1 Å². The van der Waals surface area contributed by atoms with Crippen molar-refractivity contribution in [2.75, 3.05) is 57.3 Å². The number of hydrogen-bond acceptors (Lipinski definition) is 9. The van der Waals surface area contributed by atoms with Crippen LogP contribution in [0.1, 0.15) is 25.7 Å². The van der Waals surface area contributed by atoms with Gasteiger partial charge in [-0.05, 0) is 31.1 Å². The second-order valence-electron chi connectivity index (χ2n) is 6.84. The molecule has 3 rings (SSSR count). The summed E-state index contributed by atoms with van der Waals surface area (Å²) in [6.45, 7) is 3.31. The van der Waals surface area contributed by atoms with Crippen molar-refractivity contribution in [2.24, 2.45) is 17.6 Å². The fourth-order valence-corrected chi connectivity index (χ4v) is 3.82. The van der Waals surface area contributed by atoms with E-state index in [1.165, 1.54) is 25.7 Å². The number of nitrogens with one attached hydrogen (secondary N) is 2. The van der Waals surface area contributed by atoms with E-state index in [4.69, 9.17) is 19.9 Å². The third kappa shape index (κ3) is 5.39. The lowest BCUT2D eigenvalue weighted by Crippen LogP contribution is -2.27. The van der Waals surface area contributed by atoms with E-state index in [0.717, 1.165) is 11.8 Å². The van der Waals surface area contributed by atoms with Gasteiger partial charge in [-0.1, -0.05) is 6.42 Å². The Morgan fingerprint density at radius 2 is 1.81 bits per heavy atom. The molecule has 0 saturated heterocycles. The van der Waals surface area contributed by atoms with Crippen LogP contribution in [0.5, 0.6) is 6.01 Å². The lowest BCUT2D eigenvalue weighted by molar-refractivity contribution is 0.0547. The fraction of sp³-hybridized carbons (Fsp3) is 0.824. The average molecular weight is 366 g/mol. The number of nitrogens with two attached hydrogens (primary N) is 1. The van der Waals surface area contributed by atoms with E-state index in [0.29, 0.717) is 63.5 Å². The summed E-state index contributed by atoms with van der Waals surface area (Å²) in [6.07, 6.45) is 5.22. The molecule has 1 aromatic heterocycles. The van der Waals surface area contributed by atoms with Crippen LogP contribution in [0, 0.1) is 11.8 Å². The first-order valence-electron chi connectivity index (χ1n) is 9.44. The summed E-state index contributed by atoms with van der Waals surface area (Å²) < 4.78 is 15.9. The molecule has 0 aliphatic heterocycles. The minimum absolute atomic E-state index is 0.309. The molecule has 2 fully saturated rings. The number of anilines is 2. The molecule has 4 N–H and O–H groups in total. The Hall–Kier alpha value is -1.71. The predicted octanol–water partition coefficient (Wildman–Crippen LogP) is 0.885. The minimum atomic E-state index is 0.309. The average Bonchev–Trinajstić information content (AvgIpc) is 3.27. The minimum Gasteiger partial charge on any atom is -0.467 e. The Kier molecular flexibility index (Phi) is 7.22. The third-order valence-corrected chi connectivity index (χ3v) is 5.01. The molecule has 0 spiro atoms. The van der Waals surface area contributed by atoms with E-state index in [1.807, 2.05) is 0 Å². The zero-order valence-corrected chi connectivity index (χ0v) is 15.4. The maximum Gasteiger partial charge on any atom is 0.322 e. The predicted molar refractivity (Wildman–Crippen MR) is 98.4 cm³/mol. The summed E-state index contributed by atoms with van der Waals surface area (Å²) in [6, 6.07) is 0.773. The number of methoxy groups -OCH3 is 1. The van der Waals surface area contributed by atoms with E-state index in [1.54, 1.807) is 7.11 Å². The fourth-order valence-electron chi connectivity index (χ4n) is 3.82. The highest BCUT2D eigenvalue weighted by molar-refractivity contribution is 5.37. The Morgan fingerprint density at radius 3 is 2.50 bits per heavy atom. The van der Waals surface area contributed by atoms with Crippen LogP contribution in [-0.4, -0.2) is 67.6 Å². The Morgan fingerprint density at radius 1 is 1.00 bits per heavy atom. The summed E-state index contributed by atoms with van der Waals surface area (Å²) in [5.74, 6) is 2.68. The molecule has 0 aromatic carbocycles. The molecule has 3 atom stereocenters. The van der Waals surface area contributed by atoms with E-state index in [2.05, 4.69) is 25.6 Å². The number of nitrogens with zero attached hydrogens (tertiary/aromatic N) is 3. The lowest BCUT2D eigenvalue weighted by Gasteiger charge is -2.23. The second-order valence-corrected chi connectivity index (χ2v) is 6.84. The van der Waals surface area contributed by atoms with Gasteiger partial charge in [0.25, 0.3) is 0 Å². The Balaban J connectivity index is 1.43.